The fourth-order valence-corrected chi connectivity index (χ4v) is 2.66. The van der Waals surface area contributed by atoms with Crippen LogP contribution < -0.4 is 5.32 Å². The van der Waals surface area contributed by atoms with E-state index in [4.69, 9.17) is 34.8 Å². The zero-order valence-electron chi connectivity index (χ0n) is 10.4. The van der Waals surface area contributed by atoms with Crippen LogP contribution in [0.3, 0.4) is 0 Å². The zero-order chi connectivity index (χ0) is 14.1. The Balaban J connectivity index is 1.85. The van der Waals surface area contributed by atoms with Gasteiger partial charge in [0.05, 0.1) is 10.7 Å². The van der Waals surface area contributed by atoms with E-state index in [9.17, 15) is 0 Å². The van der Waals surface area contributed by atoms with Crippen molar-refractivity contribution in [1.29, 1.82) is 0 Å². The summed E-state index contributed by atoms with van der Waals surface area (Å²) in [6, 6.07) is 11.2. The number of halogens is 3. The molecule has 0 amide bonds. The first-order valence-corrected chi connectivity index (χ1v) is 7.21. The van der Waals surface area contributed by atoms with Crippen molar-refractivity contribution in [2.24, 2.45) is 0 Å². The molecule has 0 bridgehead atoms. The predicted octanol–water partition coefficient (Wildman–Crippen LogP) is 5.74. The van der Waals surface area contributed by atoms with Gasteiger partial charge < -0.3 is 10.3 Å². The molecule has 2 aromatic carbocycles. The highest BCUT2D eigenvalue weighted by Gasteiger charge is 2.06. The molecule has 3 aromatic rings. The van der Waals surface area contributed by atoms with E-state index in [1.54, 1.807) is 12.1 Å². The van der Waals surface area contributed by atoms with Gasteiger partial charge in [-0.25, -0.2) is 0 Å². The Morgan fingerprint density at radius 3 is 2.55 bits per heavy atom. The number of aromatic nitrogens is 1. The fraction of sp³-hybridized carbons (Fsp3) is 0.0667. The molecule has 0 aliphatic rings. The maximum absolute atomic E-state index is 6.13. The van der Waals surface area contributed by atoms with Crippen LogP contribution in [0.2, 0.25) is 15.1 Å². The van der Waals surface area contributed by atoms with Gasteiger partial charge in [0.25, 0.3) is 0 Å². The van der Waals surface area contributed by atoms with E-state index in [0.717, 1.165) is 27.2 Å². The van der Waals surface area contributed by atoms with E-state index in [1.807, 2.05) is 30.5 Å². The van der Waals surface area contributed by atoms with E-state index in [2.05, 4.69) is 10.3 Å². The monoisotopic (exact) mass is 324 g/mol. The Morgan fingerprint density at radius 1 is 0.950 bits per heavy atom. The van der Waals surface area contributed by atoms with Crippen molar-refractivity contribution in [2.45, 2.75) is 6.54 Å². The molecule has 0 aliphatic carbocycles. The first-order valence-electron chi connectivity index (χ1n) is 6.08. The smallest absolute Gasteiger partial charge is 0.0638 e. The Labute approximate surface area is 131 Å². The van der Waals surface area contributed by atoms with Gasteiger partial charge in [-0.05, 0) is 35.9 Å². The highest BCUT2D eigenvalue weighted by atomic mass is 35.5. The van der Waals surface area contributed by atoms with Crippen molar-refractivity contribution in [3.63, 3.8) is 0 Å². The van der Waals surface area contributed by atoms with Gasteiger partial charge in [0.15, 0.2) is 0 Å². The second-order valence-corrected chi connectivity index (χ2v) is 5.76. The van der Waals surface area contributed by atoms with Crippen LogP contribution in [-0.2, 0) is 6.54 Å². The van der Waals surface area contributed by atoms with E-state index >= 15 is 0 Å². The minimum absolute atomic E-state index is 0.650. The first kappa shape index (κ1) is 13.6. The number of rotatable bonds is 3. The maximum Gasteiger partial charge on any atom is 0.0638 e. The van der Waals surface area contributed by atoms with Crippen molar-refractivity contribution in [3.05, 3.63) is 63.2 Å². The Hall–Kier alpha value is -1.35. The molecule has 0 aliphatic heterocycles. The van der Waals surface area contributed by atoms with Crippen LogP contribution in [0.25, 0.3) is 10.9 Å². The summed E-state index contributed by atoms with van der Waals surface area (Å²) in [6.07, 6.45) is 1.96. The normalized spacial score (nSPS) is 10.9. The highest BCUT2D eigenvalue weighted by molar-refractivity contribution is 6.35. The van der Waals surface area contributed by atoms with Crippen molar-refractivity contribution in [2.75, 3.05) is 5.32 Å². The van der Waals surface area contributed by atoms with E-state index < -0.39 is 0 Å². The molecule has 0 radical (unpaired) electrons. The van der Waals surface area contributed by atoms with Gasteiger partial charge in [-0.2, -0.15) is 0 Å². The molecular weight excluding hydrogens is 315 g/mol. The molecule has 1 aromatic heterocycles. The third-order valence-electron chi connectivity index (χ3n) is 3.13. The molecule has 0 unspecified atom stereocenters. The summed E-state index contributed by atoms with van der Waals surface area (Å²) in [6.45, 7) is 0.654. The first-order chi connectivity index (χ1) is 9.63. The summed E-state index contributed by atoms with van der Waals surface area (Å²) in [5.41, 5.74) is 2.99. The van der Waals surface area contributed by atoms with Crippen LogP contribution in [0.15, 0.2) is 42.6 Å². The Morgan fingerprint density at radius 2 is 1.70 bits per heavy atom. The molecule has 1 heterocycles. The van der Waals surface area contributed by atoms with Crippen molar-refractivity contribution < 1.29 is 0 Å². The fourth-order valence-electron chi connectivity index (χ4n) is 2.13. The second kappa shape index (κ2) is 5.57. The predicted molar refractivity (Wildman–Crippen MR) is 87.1 cm³/mol. The van der Waals surface area contributed by atoms with Gasteiger partial charge in [0.2, 0.25) is 0 Å². The lowest BCUT2D eigenvalue weighted by atomic mass is 10.1. The summed E-state index contributed by atoms with van der Waals surface area (Å²) < 4.78 is 0. The van der Waals surface area contributed by atoms with Crippen LogP contribution in [0, 0.1) is 0 Å². The van der Waals surface area contributed by atoms with Crippen molar-refractivity contribution in [1.82, 2.24) is 4.98 Å². The average Bonchev–Trinajstić information content (AvgIpc) is 2.82. The maximum atomic E-state index is 6.13. The molecular formula is C15H11Cl3N2. The molecule has 0 spiro atoms. The third-order valence-corrected chi connectivity index (χ3v) is 3.93. The molecule has 0 fully saturated rings. The quantitative estimate of drug-likeness (QED) is 0.631. The average molecular weight is 326 g/mol. The van der Waals surface area contributed by atoms with Crippen LogP contribution in [-0.4, -0.2) is 4.98 Å². The van der Waals surface area contributed by atoms with Gasteiger partial charge in [0.1, 0.15) is 0 Å². The van der Waals surface area contributed by atoms with E-state index in [1.165, 1.54) is 0 Å². The van der Waals surface area contributed by atoms with E-state index in [-0.39, 0.29) is 0 Å². The molecule has 20 heavy (non-hydrogen) atoms. The largest absolute Gasteiger partial charge is 0.380 e. The van der Waals surface area contributed by atoms with Crippen LogP contribution >= 0.6 is 34.8 Å². The SMILES string of the molecule is Clc1ccc(Cl)c(NCc2c[nH]c3cc(Cl)ccc23)c1. The summed E-state index contributed by atoms with van der Waals surface area (Å²) in [5.74, 6) is 0. The van der Waals surface area contributed by atoms with Gasteiger partial charge in [0, 0.05) is 33.7 Å². The highest BCUT2D eigenvalue weighted by Crippen LogP contribution is 2.27. The number of aromatic amines is 1. The van der Waals surface area contributed by atoms with Crippen LogP contribution in [0.4, 0.5) is 5.69 Å². The number of anilines is 1. The summed E-state index contributed by atoms with van der Waals surface area (Å²) >= 11 is 18.1. The molecule has 102 valence electrons. The minimum atomic E-state index is 0.650. The number of nitrogens with one attached hydrogen (secondary N) is 2. The van der Waals surface area contributed by atoms with Gasteiger partial charge in [-0.1, -0.05) is 40.9 Å². The molecule has 2 nitrogen and oxygen atoms in total. The lowest BCUT2D eigenvalue weighted by Crippen LogP contribution is -1.99. The molecule has 3 rings (SSSR count). The number of fused-ring (bicyclic) bond motifs is 1. The van der Waals surface area contributed by atoms with Gasteiger partial charge in [-0.15, -0.1) is 0 Å². The number of hydrogen-bond donors (Lipinski definition) is 2. The van der Waals surface area contributed by atoms with Gasteiger partial charge >= 0.3 is 0 Å². The lowest BCUT2D eigenvalue weighted by Gasteiger charge is -2.08. The molecule has 2 N–H and O–H groups in total. The number of hydrogen-bond acceptors (Lipinski definition) is 1. The third kappa shape index (κ3) is 2.73. The lowest BCUT2D eigenvalue weighted by molar-refractivity contribution is 1.16. The summed E-state index contributed by atoms with van der Waals surface area (Å²) in [5, 5.41) is 6.46. The topological polar surface area (TPSA) is 27.8 Å². The van der Waals surface area contributed by atoms with Crippen molar-refractivity contribution >= 4 is 51.4 Å². The molecule has 0 atom stereocenters. The standard InChI is InChI=1S/C15H11Cl3N2/c16-10-1-3-12-9(7-19-14(12)5-10)8-20-15-6-11(17)2-4-13(15)18/h1-7,19-20H,8H2. The molecule has 0 saturated heterocycles. The second-order valence-electron chi connectivity index (χ2n) is 4.48. The van der Waals surface area contributed by atoms with Gasteiger partial charge in [-0.3, -0.25) is 0 Å². The summed E-state index contributed by atoms with van der Waals surface area (Å²) in [7, 11) is 0. The molecule has 0 saturated carbocycles. The summed E-state index contributed by atoms with van der Waals surface area (Å²) in [4.78, 5) is 3.21. The van der Waals surface area contributed by atoms with Crippen LogP contribution in [0.5, 0.6) is 0 Å². The van der Waals surface area contributed by atoms with Crippen molar-refractivity contribution in [3.8, 4) is 0 Å². The molecule has 5 heteroatoms. The van der Waals surface area contributed by atoms with Crippen LogP contribution in [0.1, 0.15) is 5.56 Å². The zero-order valence-corrected chi connectivity index (χ0v) is 12.7. The number of H-pyrrole nitrogens is 1. The number of benzene rings is 2. The van der Waals surface area contributed by atoms with E-state index in [0.29, 0.717) is 16.6 Å². The minimum Gasteiger partial charge on any atom is -0.380 e. The Bertz CT molecular complexity index is 765. The Kier molecular flexibility index (Phi) is 3.79.